The van der Waals surface area contributed by atoms with Gasteiger partial charge in [0.25, 0.3) is 5.79 Å². The minimum Gasteiger partial charge on any atom is -0.375 e. The third-order valence-electron chi connectivity index (χ3n) is 6.43. The second-order valence-electron chi connectivity index (χ2n) is 8.75. The Hall–Kier alpha value is -1.29. The van der Waals surface area contributed by atoms with Gasteiger partial charge in [-0.2, -0.15) is 0 Å². The Kier molecular flexibility index (Phi) is 7.67. The first-order chi connectivity index (χ1) is 16.5. The van der Waals surface area contributed by atoms with E-state index in [0.29, 0.717) is 12.1 Å². The maximum absolute atomic E-state index is 10.7. The maximum Gasteiger partial charge on any atom is 0.352 e. The van der Waals surface area contributed by atoms with Crippen molar-refractivity contribution in [3.8, 4) is 0 Å². The Bertz CT molecular complexity index is 970. The van der Waals surface area contributed by atoms with E-state index in [2.05, 4.69) is 0 Å². The first-order valence-corrected chi connectivity index (χ1v) is 10.1. The Morgan fingerprint density at radius 1 is 0.605 bits per heavy atom. The van der Waals surface area contributed by atoms with Crippen LogP contribution in [0.1, 0.15) is 12.0 Å². The van der Waals surface area contributed by atoms with Crippen LogP contribution >= 0.6 is 11.6 Å². The fourth-order valence-electron chi connectivity index (χ4n) is 4.58. The van der Waals surface area contributed by atoms with Crippen LogP contribution in [0.3, 0.4) is 0 Å². The summed E-state index contributed by atoms with van der Waals surface area (Å²) in [5.41, 5.74) is -10.2. The van der Waals surface area contributed by atoms with Gasteiger partial charge in [0.15, 0.2) is 0 Å². The van der Waals surface area contributed by atoms with Crippen LogP contribution < -0.4 is 0 Å². The number of nitrogens with zero attached hydrogens (tertiary/aromatic N) is 1. The summed E-state index contributed by atoms with van der Waals surface area (Å²) in [5.74, 6) is -23.9. The number of benzene rings is 1. The zero-order chi connectivity index (χ0) is 30.3. The summed E-state index contributed by atoms with van der Waals surface area (Å²) in [6.45, 7) is 0. The molecule has 220 valence electrons. The maximum atomic E-state index is 10.7. The van der Waals surface area contributed by atoms with Crippen LogP contribution in [-0.2, 0) is 5.41 Å². The number of hydrogen-bond acceptors (Lipinski definition) is 20. The van der Waals surface area contributed by atoms with Gasteiger partial charge in [0.1, 0.15) is 5.41 Å². The molecular formula is C17H26ClNO19. The van der Waals surface area contributed by atoms with Gasteiger partial charge in [-0.05, 0) is 17.7 Å². The first kappa shape index (κ1) is 32.9. The van der Waals surface area contributed by atoms with Crippen LogP contribution in [0.25, 0.3) is 0 Å². The van der Waals surface area contributed by atoms with Crippen LogP contribution in [0.5, 0.6) is 0 Å². The third kappa shape index (κ3) is 4.31. The summed E-state index contributed by atoms with van der Waals surface area (Å²) in [6.07, 6.45) is -12.6. The van der Waals surface area contributed by atoms with Crippen molar-refractivity contribution >= 4 is 11.6 Å². The average Bonchev–Trinajstić information content (AvgIpc) is 2.64. The first-order valence-electron chi connectivity index (χ1n) is 9.76. The third-order valence-corrected chi connectivity index (χ3v) is 6.68. The van der Waals surface area contributed by atoms with Crippen LogP contribution in [0.4, 0.5) is 0 Å². The molecule has 1 fully saturated rings. The van der Waals surface area contributed by atoms with E-state index in [1.807, 2.05) is 0 Å². The summed E-state index contributed by atoms with van der Waals surface area (Å²) in [5, 5.41) is 189. The topological polar surface area (TPSA) is 388 Å². The van der Waals surface area contributed by atoms with Gasteiger partial charge >= 0.3 is 24.1 Å². The zero-order valence-corrected chi connectivity index (χ0v) is 19.2. The molecule has 1 atom stereocenters. The van der Waals surface area contributed by atoms with Gasteiger partial charge < -0.3 is 97.0 Å². The van der Waals surface area contributed by atoms with Crippen molar-refractivity contribution in [3.05, 3.63) is 34.9 Å². The molecule has 0 radical (unpaired) electrons. The lowest BCUT2D eigenvalue weighted by atomic mass is 9.46. The quantitative estimate of drug-likeness (QED) is 0.120. The van der Waals surface area contributed by atoms with Crippen molar-refractivity contribution in [2.24, 2.45) is 0 Å². The fourth-order valence-corrected chi connectivity index (χ4v) is 4.71. The molecule has 0 aliphatic heterocycles. The van der Waals surface area contributed by atoms with Gasteiger partial charge in [0, 0.05) is 17.5 Å². The standard InChI is InChI=1S/C17H26ClNO19/c18-7-3-1-6(2-4-7)10(11(21,22)13(25,26)12(10,23)24)8(19(16(33,34)35)17(36,37)38)5-9(20,14(27,28)29)15(30,31)32/h1-4,8,20-38H,5H2. The molecule has 1 aromatic carbocycles. The fraction of sp³-hybridized carbons (Fsp3) is 0.647. The predicted octanol–water partition coefficient (Wildman–Crippen LogP) is -10.1. The summed E-state index contributed by atoms with van der Waals surface area (Å²) in [7, 11) is 0. The molecule has 0 aromatic heterocycles. The number of aliphatic hydroxyl groups is 19. The summed E-state index contributed by atoms with van der Waals surface area (Å²) in [6, 6.07) is -1.09. The van der Waals surface area contributed by atoms with Crippen LogP contribution in [0.15, 0.2) is 24.3 Å². The van der Waals surface area contributed by atoms with E-state index in [9.17, 15) is 97.0 Å². The lowest BCUT2D eigenvalue weighted by Gasteiger charge is -2.71. The highest BCUT2D eigenvalue weighted by atomic mass is 35.5. The molecule has 0 bridgehead atoms. The van der Waals surface area contributed by atoms with Crippen molar-refractivity contribution in [1.29, 1.82) is 0 Å². The molecular weight excluding hydrogens is 558 g/mol. The molecule has 1 unspecified atom stereocenters. The van der Waals surface area contributed by atoms with Crippen LogP contribution in [-0.4, -0.2) is 155 Å². The van der Waals surface area contributed by atoms with Gasteiger partial charge in [-0.1, -0.05) is 23.7 Å². The van der Waals surface area contributed by atoms with E-state index in [1.165, 1.54) is 0 Å². The highest BCUT2D eigenvalue weighted by Gasteiger charge is 2.93. The second kappa shape index (κ2) is 8.85. The van der Waals surface area contributed by atoms with E-state index in [-0.39, 0.29) is 5.02 Å². The van der Waals surface area contributed by atoms with E-state index in [0.717, 1.165) is 12.1 Å². The second-order valence-corrected chi connectivity index (χ2v) is 9.19. The monoisotopic (exact) mass is 583 g/mol. The van der Waals surface area contributed by atoms with E-state index in [4.69, 9.17) is 11.6 Å². The summed E-state index contributed by atoms with van der Waals surface area (Å²) >= 11 is 5.70. The van der Waals surface area contributed by atoms with Crippen LogP contribution in [0, 0.1) is 0 Å². The molecule has 2 rings (SSSR count). The molecule has 1 aliphatic rings. The molecule has 38 heavy (non-hydrogen) atoms. The van der Waals surface area contributed by atoms with Crippen molar-refractivity contribution in [1.82, 2.24) is 4.90 Å². The largest absolute Gasteiger partial charge is 0.375 e. The smallest absolute Gasteiger partial charge is 0.352 e. The van der Waals surface area contributed by atoms with Crippen LogP contribution in [0.2, 0.25) is 5.02 Å². The molecule has 19 N–H and O–H groups in total. The number of rotatable bonds is 9. The van der Waals surface area contributed by atoms with Gasteiger partial charge in [-0.15, -0.1) is 4.90 Å². The lowest BCUT2D eigenvalue weighted by Crippen LogP contribution is -2.98. The average molecular weight is 584 g/mol. The number of hydrogen-bond donors (Lipinski definition) is 19. The van der Waals surface area contributed by atoms with Crippen molar-refractivity contribution in [3.63, 3.8) is 0 Å². The Balaban J connectivity index is 3.19. The van der Waals surface area contributed by atoms with E-state index < -0.39 is 75.4 Å². The van der Waals surface area contributed by atoms with Gasteiger partial charge in [-0.25, -0.2) is 0 Å². The van der Waals surface area contributed by atoms with Crippen molar-refractivity contribution < 1.29 is 97.0 Å². The van der Waals surface area contributed by atoms with Crippen molar-refractivity contribution in [2.75, 3.05) is 0 Å². The Morgan fingerprint density at radius 2 is 0.947 bits per heavy atom. The highest BCUT2D eigenvalue weighted by molar-refractivity contribution is 6.30. The highest BCUT2D eigenvalue weighted by Crippen LogP contribution is 2.65. The van der Waals surface area contributed by atoms with Gasteiger partial charge in [0.2, 0.25) is 17.2 Å². The molecule has 20 nitrogen and oxygen atoms in total. The molecule has 1 aromatic rings. The SMILES string of the molecule is OC(O)(O)N(C(CC(O)(C(O)(O)O)C(O)(O)O)C1(c2ccc(Cl)cc2)C(O)(O)C(O)(O)C1(O)O)C(O)(O)O. The lowest BCUT2D eigenvalue weighted by molar-refractivity contribution is -0.595. The molecule has 0 amide bonds. The summed E-state index contributed by atoms with van der Waals surface area (Å²) < 4.78 is 0. The zero-order valence-electron chi connectivity index (χ0n) is 18.4. The molecule has 1 aliphatic carbocycles. The number of halogens is 1. The van der Waals surface area contributed by atoms with Crippen molar-refractivity contribution in [2.45, 2.75) is 65.0 Å². The van der Waals surface area contributed by atoms with E-state index in [1.54, 1.807) is 0 Å². The molecule has 1 saturated carbocycles. The minimum absolute atomic E-state index is 0.225. The van der Waals surface area contributed by atoms with Gasteiger partial charge in [0.05, 0.1) is 0 Å². The Labute approximate surface area is 214 Å². The van der Waals surface area contributed by atoms with E-state index >= 15 is 0 Å². The Morgan fingerprint density at radius 3 is 1.24 bits per heavy atom. The minimum atomic E-state index is -5.01. The summed E-state index contributed by atoms with van der Waals surface area (Å²) in [4.78, 5) is -1.45. The molecule has 21 heteroatoms. The molecule has 0 heterocycles. The predicted molar refractivity (Wildman–Crippen MR) is 107 cm³/mol. The normalized spacial score (nSPS) is 22.2. The van der Waals surface area contributed by atoms with Gasteiger partial charge in [-0.3, -0.25) is 0 Å². The molecule has 0 saturated heterocycles. The molecule has 0 spiro atoms.